The fourth-order valence-electron chi connectivity index (χ4n) is 2.37. The number of methoxy groups -OCH3 is 1. The summed E-state index contributed by atoms with van der Waals surface area (Å²) in [7, 11) is 1.55. The Morgan fingerprint density at radius 1 is 1.04 bits per heavy atom. The third-order valence-electron chi connectivity index (χ3n) is 3.57. The van der Waals surface area contributed by atoms with Crippen LogP contribution in [0.3, 0.4) is 0 Å². The van der Waals surface area contributed by atoms with E-state index in [1.165, 1.54) is 6.92 Å². The third-order valence-corrected chi connectivity index (χ3v) is 3.57. The van der Waals surface area contributed by atoms with Gasteiger partial charge < -0.3 is 20.7 Å². The third kappa shape index (κ3) is 5.24. The lowest BCUT2D eigenvalue weighted by molar-refractivity contribution is -0.116. The maximum Gasteiger partial charge on any atom is 0.246 e. The predicted molar refractivity (Wildman–Crippen MR) is 100 cm³/mol. The van der Waals surface area contributed by atoms with Crippen LogP contribution < -0.4 is 20.7 Å². The van der Waals surface area contributed by atoms with Crippen LogP contribution in [-0.4, -0.2) is 25.0 Å². The van der Waals surface area contributed by atoms with Gasteiger partial charge in [-0.2, -0.15) is 0 Å². The molecule has 1 unspecified atom stereocenters. The van der Waals surface area contributed by atoms with Crippen LogP contribution in [0.5, 0.6) is 5.75 Å². The molecule has 0 aliphatic heterocycles. The van der Waals surface area contributed by atoms with E-state index in [9.17, 15) is 9.59 Å². The van der Waals surface area contributed by atoms with Crippen molar-refractivity contribution in [3.05, 3.63) is 48.0 Å². The monoisotopic (exact) mass is 341 g/mol. The number of amides is 2. The zero-order valence-electron chi connectivity index (χ0n) is 14.8. The summed E-state index contributed by atoms with van der Waals surface area (Å²) in [6.07, 6.45) is 0. The molecule has 0 aromatic heterocycles. The van der Waals surface area contributed by atoms with Crippen molar-refractivity contribution < 1.29 is 14.3 Å². The molecule has 2 rings (SSSR count). The van der Waals surface area contributed by atoms with Gasteiger partial charge in [0.15, 0.2) is 0 Å². The van der Waals surface area contributed by atoms with E-state index >= 15 is 0 Å². The highest BCUT2D eigenvalue weighted by molar-refractivity contribution is 5.97. The van der Waals surface area contributed by atoms with Crippen molar-refractivity contribution in [1.29, 1.82) is 0 Å². The Hall–Kier alpha value is -3.02. The van der Waals surface area contributed by atoms with Gasteiger partial charge in [-0.05, 0) is 49.7 Å². The quantitative estimate of drug-likeness (QED) is 0.752. The molecule has 0 aliphatic carbocycles. The Morgan fingerprint density at radius 3 is 2.40 bits per heavy atom. The van der Waals surface area contributed by atoms with Crippen molar-refractivity contribution >= 4 is 28.9 Å². The van der Waals surface area contributed by atoms with Gasteiger partial charge in [-0.25, -0.2) is 0 Å². The molecule has 6 heteroatoms. The smallest absolute Gasteiger partial charge is 0.246 e. The van der Waals surface area contributed by atoms with Gasteiger partial charge in [0, 0.05) is 18.3 Å². The summed E-state index contributed by atoms with van der Waals surface area (Å²) >= 11 is 0. The van der Waals surface area contributed by atoms with Crippen LogP contribution in [-0.2, 0) is 9.59 Å². The van der Waals surface area contributed by atoms with Crippen molar-refractivity contribution in [1.82, 2.24) is 0 Å². The molecule has 0 heterocycles. The molecule has 0 aliphatic rings. The van der Waals surface area contributed by atoms with Gasteiger partial charge in [0.2, 0.25) is 11.8 Å². The standard InChI is InChI=1S/C19H23N3O3/c1-12-6-5-7-15(10-12)22-19(24)13(2)20-17-11-16(21-14(3)23)8-9-18(17)25-4/h5-11,13,20H,1-4H3,(H,21,23)(H,22,24). The molecule has 6 nitrogen and oxygen atoms in total. The number of rotatable bonds is 6. The van der Waals surface area contributed by atoms with Crippen molar-refractivity contribution in [2.45, 2.75) is 26.8 Å². The SMILES string of the molecule is COc1ccc(NC(C)=O)cc1NC(C)C(=O)Nc1cccc(C)c1. The largest absolute Gasteiger partial charge is 0.495 e. The lowest BCUT2D eigenvalue weighted by atomic mass is 10.2. The molecule has 2 amide bonds. The van der Waals surface area contributed by atoms with E-state index in [2.05, 4.69) is 16.0 Å². The van der Waals surface area contributed by atoms with Crippen LogP contribution in [0.1, 0.15) is 19.4 Å². The second-order valence-corrected chi connectivity index (χ2v) is 5.82. The summed E-state index contributed by atoms with van der Waals surface area (Å²) in [5, 5.41) is 8.71. The fraction of sp³-hybridized carbons (Fsp3) is 0.263. The van der Waals surface area contributed by atoms with Gasteiger partial charge in [0.1, 0.15) is 11.8 Å². The first-order chi connectivity index (χ1) is 11.9. The molecule has 0 saturated heterocycles. The maximum atomic E-state index is 12.4. The zero-order chi connectivity index (χ0) is 18.4. The summed E-state index contributed by atoms with van der Waals surface area (Å²) in [6, 6.07) is 12.3. The maximum absolute atomic E-state index is 12.4. The minimum absolute atomic E-state index is 0.165. The van der Waals surface area contributed by atoms with Crippen molar-refractivity contribution in [3.63, 3.8) is 0 Å². The van der Waals surface area contributed by atoms with Gasteiger partial charge in [0.05, 0.1) is 12.8 Å². The number of benzene rings is 2. The Morgan fingerprint density at radius 2 is 1.76 bits per heavy atom. The van der Waals surface area contributed by atoms with Gasteiger partial charge in [-0.15, -0.1) is 0 Å². The van der Waals surface area contributed by atoms with Gasteiger partial charge in [-0.3, -0.25) is 9.59 Å². The molecular formula is C19H23N3O3. The van der Waals surface area contributed by atoms with Gasteiger partial charge >= 0.3 is 0 Å². The van der Waals surface area contributed by atoms with Crippen LogP contribution in [0.2, 0.25) is 0 Å². The van der Waals surface area contributed by atoms with Gasteiger partial charge in [-0.1, -0.05) is 12.1 Å². The summed E-state index contributed by atoms with van der Waals surface area (Å²) in [6.45, 7) is 5.17. The van der Waals surface area contributed by atoms with Crippen molar-refractivity contribution in [3.8, 4) is 5.75 Å². The molecule has 132 valence electrons. The first kappa shape index (κ1) is 18.3. The van der Waals surface area contributed by atoms with E-state index in [-0.39, 0.29) is 11.8 Å². The highest BCUT2D eigenvalue weighted by Crippen LogP contribution is 2.28. The van der Waals surface area contributed by atoms with E-state index in [4.69, 9.17) is 4.74 Å². The molecule has 1 atom stereocenters. The van der Waals surface area contributed by atoms with E-state index < -0.39 is 6.04 Å². The lowest BCUT2D eigenvalue weighted by Crippen LogP contribution is -2.32. The minimum atomic E-state index is -0.498. The summed E-state index contributed by atoms with van der Waals surface area (Å²) < 4.78 is 5.31. The number of hydrogen-bond acceptors (Lipinski definition) is 4. The van der Waals surface area contributed by atoms with Crippen molar-refractivity contribution in [2.75, 3.05) is 23.1 Å². The molecule has 2 aromatic carbocycles. The number of aryl methyl sites for hydroxylation is 1. The first-order valence-electron chi connectivity index (χ1n) is 7.98. The molecule has 3 N–H and O–H groups in total. The molecule has 0 radical (unpaired) electrons. The number of anilines is 3. The highest BCUT2D eigenvalue weighted by atomic mass is 16.5. The minimum Gasteiger partial charge on any atom is -0.495 e. The molecule has 25 heavy (non-hydrogen) atoms. The number of carbonyl (C=O) groups excluding carboxylic acids is 2. The molecule has 0 bridgehead atoms. The fourth-order valence-corrected chi connectivity index (χ4v) is 2.37. The zero-order valence-corrected chi connectivity index (χ0v) is 14.8. The number of ether oxygens (including phenoxy) is 1. The average Bonchev–Trinajstić information content (AvgIpc) is 2.54. The first-order valence-corrected chi connectivity index (χ1v) is 7.98. The van der Waals surface area contributed by atoms with E-state index in [1.807, 2.05) is 31.2 Å². The summed E-state index contributed by atoms with van der Waals surface area (Å²) in [4.78, 5) is 23.6. The van der Waals surface area contributed by atoms with Crippen molar-refractivity contribution in [2.24, 2.45) is 0 Å². The van der Waals surface area contributed by atoms with Crippen LogP contribution in [0.25, 0.3) is 0 Å². The Kier molecular flexibility index (Phi) is 6.00. The van der Waals surface area contributed by atoms with Crippen LogP contribution >= 0.6 is 0 Å². The van der Waals surface area contributed by atoms with Crippen LogP contribution in [0.15, 0.2) is 42.5 Å². The van der Waals surface area contributed by atoms with Gasteiger partial charge in [0.25, 0.3) is 0 Å². The lowest BCUT2D eigenvalue weighted by Gasteiger charge is -2.18. The molecular weight excluding hydrogens is 318 g/mol. The highest BCUT2D eigenvalue weighted by Gasteiger charge is 2.15. The second kappa shape index (κ2) is 8.19. The Balaban J connectivity index is 2.11. The predicted octanol–water partition coefficient (Wildman–Crippen LogP) is 3.40. The Bertz CT molecular complexity index is 774. The number of nitrogens with one attached hydrogen (secondary N) is 3. The average molecular weight is 341 g/mol. The number of hydrogen-bond donors (Lipinski definition) is 3. The summed E-state index contributed by atoms with van der Waals surface area (Å²) in [5.41, 5.74) is 3.07. The molecule has 2 aromatic rings. The Labute approximate surface area is 147 Å². The van der Waals surface area contributed by atoms with Crippen LogP contribution in [0.4, 0.5) is 17.1 Å². The normalized spacial score (nSPS) is 11.4. The molecule has 0 fully saturated rings. The topological polar surface area (TPSA) is 79.5 Å². The van der Waals surface area contributed by atoms with Crippen LogP contribution in [0, 0.1) is 6.92 Å². The second-order valence-electron chi connectivity index (χ2n) is 5.82. The van der Waals surface area contributed by atoms with E-state index in [0.29, 0.717) is 17.1 Å². The summed E-state index contributed by atoms with van der Waals surface area (Å²) in [5.74, 6) is 0.253. The number of carbonyl (C=O) groups is 2. The molecule has 0 saturated carbocycles. The van der Waals surface area contributed by atoms with E-state index in [1.54, 1.807) is 32.2 Å². The van der Waals surface area contributed by atoms with E-state index in [0.717, 1.165) is 11.3 Å². The molecule has 0 spiro atoms.